The van der Waals surface area contributed by atoms with Gasteiger partial charge in [-0.1, -0.05) is 0 Å². The second-order valence-corrected chi connectivity index (χ2v) is 4.11. The molecule has 0 N–H and O–H groups in total. The molecule has 0 amide bonds. The highest BCUT2D eigenvalue weighted by Gasteiger charge is 2.32. The van der Waals surface area contributed by atoms with Gasteiger partial charge in [0.25, 0.3) is 0 Å². The van der Waals surface area contributed by atoms with E-state index < -0.39 is 11.9 Å². The smallest absolute Gasteiger partial charge is 0.348 e. The second kappa shape index (κ2) is 2.92. The Balaban J connectivity index is 2.78. The first-order valence-electron chi connectivity index (χ1n) is 3.36. The van der Waals surface area contributed by atoms with Crippen molar-refractivity contribution in [1.29, 1.82) is 0 Å². The first-order chi connectivity index (χ1) is 6.11. The van der Waals surface area contributed by atoms with Gasteiger partial charge in [-0.25, -0.2) is 9.59 Å². The summed E-state index contributed by atoms with van der Waals surface area (Å²) < 4.78 is 5.72. The Hall–Kier alpha value is -0.680. The van der Waals surface area contributed by atoms with Crippen LogP contribution in [0.2, 0.25) is 0 Å². The fourth-order valence-electron chi connectivity index (χ4n) is 1.11. The molecule has 0 saturated carbocycles. The van der Waals surface area contributed by atoms with Crippen LogP contribution < -0.4 is 0 Å². The first kappa shape index (κ1) is 8.90. The van der Waals surface area contributed by atoms with Crippen LogP contribution in [0.4, 0.5) is 0 Å². The number of rotatable bonds is 0. The molecule has 0 aromatic heterocycles. The summed E-state index contributed by atoms with van der Waals surface area (Å²) in [4.78, 5) is 22.2. The number of carbonyl (C=O) groups is 2. The Bertz CT molecular complexity index is 426. The highest BCUT2D eigenvalue weighted by atomic mass is 79.9. The summed E-state index contributed by atoms with van der Waals surface area (Å²) in [6, 6.07) is 3.24. The predicted octanol–water partition coefficient (Wildman–Crippen LogP) is 2.52. The van der Waals surface area contributed by atoms with Gasteiger partial charge in [-0.15, -0.1) is 0 Å². The molecule has 1 aromatic rings. The van der Waals surface area contributed by atoms with E-state index in [-0.39, 0.29) is 0 Å². The van der Waals surface area contributed by atoms with Crippen molar-refractivity contribution in [2.45, 2.75) is 0 Å². The van der Waals surface area contributed by atoms with Crippen molar-refractivity contribution in [3.05, 3.63) is 32.2 Å². The largest absolute Gasteiger partial charge is 0.386 e. The van der Waals surface area contributed by atoms with E-state index in [2.05, 4.69) is 36.6 Å². The van der Waals surface area contributed by atoms with Gasteiger partial charge in [0.05, 0.1) is 11.1 Å². The average molecular weight is 306 g/mol. The van der Waals surface area contributed by atoms with Crippen molar-refractivity contribution >= 4 is 43.8 Å². The molecule has 1 aliphatic heterocycles. The summed E-state index contributed by atoms with van der Waals surface area (Å²) in [5.74, 6) is -1.19. The number of fused-ring (bicyclic) bond motifs is 1. The third-order valence-electron chi connectivity index (χ3n) is 1.70. The number of cyclic esters (lactones) is 2. The normalized spacial score (nSPS) is 14.3. The topological polar surface area (TPSA) is 43.4 Å². The quantitative estimate of drug-likeness (QED) is 0.546. The second-order valence-electron chi connectivity index (χ2n) is 2.46. The van der Waals surface area contributed by atoms with E-state index >= 15 is 0 Å². The van der Waals surface area contributed by atoms with Crippen LogP contribution in [0.25, 0.3) is 0 Å². The summed E-state index contributed by atoms with van der Waals surface area (Å²) in [5.41, 5.74) is 0.597. The molecule has 13 heavy (non-hydrogen) atoms. The number of hydrogen-bond donors (Lipinski definition) is 0. The van der Waals surface area contributed by atoms with Crippen molar-refractivity contribution in [1.82, 2.24) is 0 Å². The Kier molecular flexibility index (Phi) is 2.00. The lowest BCUT2D eigenvalue weighted by molar-refractivity contribution is 0.0443. The monoisotopic (exact) mass is 304 g/mol. The summed E-state index contributed by atoms with van der Waals surface area (Å²) in [7, 11) is 0. The minimum absolute atomic E-state index is 0.291. The molecule has 0 unspecified atom stereocenters. The number of esters is 2. The van der Waals surface area contributed by atoms with E-state index in [1.54, 1.807) is 12.1 Å². The molecule has 2 rings (SSSR count). The van der Waals surface area contributed by atoms with Gasteiger partial charge in [0, 0.05) is 8.95 Å². The maximum absolute atomic E-state index is 11.2. The summed E-state index contributed by atoms with van der Waals surface area (Å²) in [6.07, 6.45) is 0. The van der Waals surface area contributed by atoms with Gasteiger partial charge in [0.1, 0.15) is 0 Å². The van der Waals surface area contributed by atoms with Crippen LogP contribution in [0.5, 0.6) is 0 Å². The Morgan fingerprint density at radius 2 is 1.77 bits per heavy atom. The van der Waals surface area contributed by atoms with Crippen molar-refractivity contribution in [3.8, 4) is 0 Å². The minimum Gasteiger partial charge on any atom is -0.386 e. The van der Waals surface area contributed by atoms with Crippen LogP contribution >= 0.6 is 31.9 Å². The lowest BCUT2D eigenvalue weighted by Crippen LogP contribution is -1.97. The SMILES string of the molecule is O=C1OC(=O)c2c1ccc(Br)c2Br. The van der Waals surface area contributed by atoms with E-state index in [1.807, 2.05) is 0 Å². The summed E-state index contributed by atoms with van der Waals surface area (Å²) >= 11 is 6.43. The fraction of sp³-hybridized carbons (Fsp3) is 0. The molecule has 0 bridgehead atoms. The molecule has 3 nitrogen and oxygen atoms in total. The zero-order valence-corrected chi connectivity index (χ0v) is 9.31. The number of hydrogen-bond acceptors (Lipinski definition) is 3. The molecule has 0 radical (unpaired) electrons. The molecule has 0 spiro atoms. The molecule has 1 aromatic carbocycles. The third-order valence-corrected chi connectivity index (χ3v) is 3.72. The molecule has 1 aliphatic rings. The third kappa shape index (κ3) is 1.23. The van der Waals surface area contributed by atoms with Crippen molar-refractivity contribution in [2.24, 2.45) is 0 Å². The van der Waals surface area contributed by atoms with Crippen LogP contribution in [0.3, 0.4) is 0 Å². The van der Waals surface area contributed by atoms with Gasteiger partial charge >= 0.3 is 11.9 Å². The molecule has 1 heterocycles. The minimum atomic E-state index is -0.604. The van der Waals surface area contributed by atoms with Crippen molar-refractivity contribution in [3.63, 3.8) is 0 Å². The van der Waals surface area contributed by atoms with E-state index in [0.717, 1.165) is 4.47 Å². The molecular weight excluding hydrogens is 304 g/mol. The average Bonchev–Trinajstić information content (AvgIpc) is 2.35. The van der Waals surface area contributed by atoms with Crippen molar-refractivity contribution < 1.29 is 14.3 Å². The highest BCUT2D eigenvalue weighted by Crippen LogP contribution is 2.33. The van der Waals surface area contributed by atoms with E-state index in [1.165, 1.54) is 0 Å². The fourth-order valence-corrected chi connectivity index (χ4v) is 1.95. The summed E-state index contributed by atoms with van der Waals surface area (Å²) in [6.45, 7) is 0. The molecule has 5 heteroatoms. The Morgan fingerprint density at radius 1 is 1.08 bits per heavy atom. The first-order valence-corrected chi connectivity index (χ1v) is 4.94. The molecule has 66 valence electrons. The van der Waals surface area contributed by atoms with E-state index in [4.69, 9.17) is 0 Å². The number of ether oxygens (including phenoxy) is 1. The van der Waals surface area contributed by atoms with Gasteiger partial charge in [0.2, 0.25) is 0 Å². The van der Waals surface area contributed by atoms with Crippen LogP contribution in [0, 0.1) is 0 Å². The number of carbonyl (C=O) groups excluding carboxylic acids is 2. The standard InChI is InChI=1S/C8H2Br2O3/c9-4-2-1-3-5(6(4)10)8(12)13-7(3)11/h1-2H. The molecule has 0 atom stereocenters. The number of benzene rings is 1. The van der Waals surface area contributed by atoms with Gasteiger partial charge in [0.15, 0.2) is 0 Å². The van der Waals surface area contributed by atoms with Crippen LogP contribution in [-0.4, -0.2) is 11.9 Å². The predicted molar refractivity (Wildman–Crippen MR) is 51.6 cm³/mol. The van der Waals surface area contributed by atoms with Crippen LogP contribution in [-0.2, 0) is 4.74 Å². The molecule has 0 saturated heterocycles. The lowest BCUT2D eigenvalue weighted by Gasteiger charge is -1.98. The van der Waals surface area contributed by atoms with Crippen LogP contribution in [0.1, 0.15) is 20.7 Å². The molecule has 0 fully saturated rings. The zero-order valence-electron chi connectivity index (χ0n) is 6.14. The van der Waals surface area contributed by atoms with E-state index in [9.17, 15) is 9.59 Å². The Labute approximate surface area is 90.3 Å². The maximum atomic E-state index is 11.2. The molecular formula is C8H2Br2O3. The highest BCUT2D eigenvalue weighted by molar-refractivity contribution is 9.13. The van der Waals surface area contributed by atoms with Gasteiger partial charge in [-0.2, -0.15) is 0 Å². The number of halogens is 2. The summed E-state index contributed by atoms with van der Waals surface area (Å²) in [5, 5.41) is 0. The van der Waals surface area contributed by atoms with Gasteiger partial charge in [-0.05, 0) is 44.0 Å². The van der Waals surface area contributed by atoms with Crippen LogP contribution in [0.15, 0.2) is 21.1 Å². The van der Waals surface area contributed by atoms with Crippen molar-refractivity contribution in [2.75, 3.05) is 0 Å². The maximum Gasteiger partial charge on any atom is 0.348 e. The van der Waals surface area contributed by atoms with Gasteiger partial charge in [-0.3, -0.25) is 0 Å². The van der Waals surface area contributed by atoms with Gasteiger partial charge < -0.3 is 4.74 Å². The zero-order chi connectivity index (χ0) is 9.59. The Morgan fingerprint density at radius 3 is 2.46 bits per heavy atom. The molecule has 0 aliphatic carbocycles. The lowest BCUT2D eigenvalue weighted by atomic mass is 10.1. The van der Waals surface area contributed by atoms with E-state index in [0.29, 0.717) is 15.6 Å².